The van der Waals surface area contributed by atoms with Gasteiger partial charge in [0.2, 0.25) is 0 Å². The third kappa shape index (κ3) is 3.42. The summed E-state index contributed by atoms with van der Waals surface area (Å²) in [6, 6.07) is 13.2. The number of halogens is 2. The highest BCUT2D eigenvalue weighted by Gasteiger charge is 2.22. The van der Waals surface area contributed by atoms with Crippen LogP contribution in [-0.2, 0) is 0 Å². The van der Waals surface area contributed by atoms with E-state index >= 15 is 0 Å². The Bertz CT molecular complexity index is 646. The lowest BCUT2D eigenvalue weighted by Gasteiger charge is -2.29. The highest BCUT2D eigenvalue weighted by Crippen LogP contribution is 2.38. The number of hydrogen-bond acceptors (Lipinski definition) is 2. The van der Waals surface area contributed by atoms with Crippen LogP contribution in [0, 0.1) is 5.82 Å². The van der Waals surface area contributed by atoms with Crippen molar-refractivity contribution in [2.75, 3.05) is 5.75 Å². The van der Waals surface area contributed by atoms with Gasteiger partial charge in [0.1, 0.15) is 5.82 Å². The van der Waals surface area contributed by atoms with Crippen LogP contribution in [0.3, 0.4) is 0 Å². The third-order valence-corrected chi connectivity index (χ3v) is 5.17. The summed E-state index contributed by atoms with van der Waals surface area (Å²) in [5.41, 5.74) is 2.22. The standard InChI is InChI=1S/C17H17ClFNS/c1-11(12-3-2-4-14(19)9-12)20-16-7-8-21-17-6-5-13(18)10-15(16)17/h2-6,9-11,16,20H,7-8H2,1H3/t11-,16?/m0/s1. The number of hydrogen-bond donors (Lipinski definition) is 1. The minimum Gasteiger partial charge on any atom is -0.303 e. The van der Waals surface area contributed by atoms with Crippen molar-refractivity contribution in [1.82, 2.24) is 5.32 Å². The molecule has 0 aromatic heterocycles. The molecule has 1 heterocycles. The van der Waals surface area contributed by atoms with Crippen molar-refractivity contribution in [3.63, 3.8) is 0 Å². The fraction of sp³-hybridized carbons (Fsp3) is 0.294. The van der Waals surface area contributed by atoms with E-state index in [1.807, 2.05) is 30.0 Å². The second kappa shape index (κ2) is 6.39. The van der Waals surface area contributed by atoms with Crippen molar-refractivity contribution in [3.8, 4) is 0 Å². The first-order chi connectivity index (χ1) is 10.1. The van der Waals surface area contributed by atoms with Crippen LogP contribution in [-0.4, -0.2) is 5.75 Å². The van der Waals surface area contributed by atoms with Crippen molar-refractivity contribution in [3.05, 3.63) is 64.4 Å². The Kier molecular flexibility index (Phi) is 4.53. The molecule has 0 aliphatic carbocycles. The van der Waals surface area contributed by atoms with Crippen molar-refractivity contribution in [2.24, 2.45) is 0 Å². The summed E-state index contributed by atoms with van der Waals surface area (Å²) in [5.74, 6) is 0.895. The van der Waals surface area contributed by atoms with Crippen LogP contribution in [0.25, 0.3) is 0 Å². The van der Waals surface area contributed by atoms with Crippen molar-refractivity contribution in [2.45, 2.75) is 30.3 Å². The molecule has 4 heteroatoms. The lowest BCUT2D eigenvalue weighted by molar-refractivity contribution is 0.448. The summed E-state index contributed by atoms with van der Waals surface area (Å²) >= 11 is 8.00. The average Bonchev–Trinajstić information content (AvgIpc) is 2.48. The minimum absolute atomic E-state index is 0.0978. The molecule has 110 valence electrons. The zero-order valence-electron chi connectivity index (χ0n) is 11.8. The first-order valence-electron chi connectivity index (χ1n) is 7.07. The monoisotopic (exact) mass is 321 g/mol. The van der Waals surface area contributed by atoms with Gasteiger partial charge in [-0.2, -0.15) is 0 Å². The SMILES string of the molecule is C[C@H](NC1CCSc2ccc(Cl)cc21)c1cccc(F)c1. The molecule has 2 atom stereocenters. The summed E-state index contributed by atoms with van der Waals surface area (Å²) in [6.07, 6.45) is 1.05. The Labute approximate surface area is 133 Å². The van der Waals surface area contributed by atoms with Gasteiger partial charge in [0.05, 0.1) is 0 Å². The summed E-state index contributed by atoms with van der Waals surface area (Å²) in [7, 11) is 0. The quantitative estimate of drug-likeness (QED) is 0.816. The normalized spacial score (nSPS) is 19.1. The number of benzene rings is 2. The van der Waals surface area contributed by atoms with Gasteiger partial charge >= 0.3 is 0 Å². The Morgan fingerprint density at radius 3 is 2.95 bits per heavy atom. The molecule has 3 rings (SSSR count). The number of nitrogens with one attached hydrogen (secondary N) is 1. The van der Waals surface area contributed by atoms with Gasteiger partial charge < -0.3 is 5.32 Å². The summed E-state index contributed by atoms with van der Waals surface area (Å²) in [6.45, 7) is 2.07. The third-order valence-electron chi connectivity index (χ3n) is 3.81. The van der Waals surface area contributed by atoms with Crippen LogP contribution in [0.5, 0.6) is 0 Å². The number of rotatable bonds is 3. The molecule has 0 spiro atoms. The van der Waals surface area contributed by atoms with E-state index < -0.39 is 0 Å². The molecule has 1 aliphatic rings. The molecule has 0 saturated carbocycles. The molecule has 1 unspecified atom stereocenters. The zero-order chi connectivity index (χ0) is 14.8. The molecule has 0 saturated heterocycles. The first kappa shape index (κ1) is 14.9. The maximum Gasteiger partial charge on any atom is 0.123 e. The molecule has 1 nitrogen and oxygen atoms in total. The maximum atomic E-state index is 13.3. The Hall–Kier alpha value is -1.03. The van der Waals surface area contributed by atoms with Crippen molar-refractivity contribution < 1.29 is 4.39 Å². The smallest absolute Gasteiger partial charge is 0.123 e. The van der Waals surface area contributed by atoms with E-state index in [9.17, 15) is 4.39 Å². The molecule has 2 aromatic rings. The second-order valence-electron chi connectivity index (χ2n) is 5.32. The second-order valence-corrected chi connectivity index (χ2v) is 6.89. The van der Waals surface area contributed by atoms with E-state index in [4.69, 9.17) is 11.6 Å². The summed E-state index contributed by atoms with van der Waals surface area (Å²) in [5, 5.41) is 4.37. The Morgan fingerprint density at radius 2 is 2.14 bits per heavy atom. The maximum absolute atomic E-state index is 13.3. The Balaban J connectivity index is 1.81. The van der Waals surface area contributed by atoms with E-state index in [-0.39, 0.29) is 17.9 Å². The fourth-order valence-electron chi connectivity index (χ4n) is 2.71. The van der Waals surface area contributed by atoms with Crippen LogP contribution in [0.1, 0.15) is 36.6 Å². The lowest BCUT2D eigenvalue weighted by Crippen LogP contribution is -2.27. The van der Waals surface area contributed by atoms with E-state index in [0.29, 0.717) is 0 Å². The summed E-state index contributed by atoms with van der Waals surface area (Å²) < 4.78 is 13.3. The molecule has 2 aromatic carbocycles. The van der Waals surface area contributed by atoms with E-state index in [1.54, 1.807) is 12.1 Å². The molecular weight excluding hydrogens is 305 g/mol. The Morgan fingerprint density at radius 1 is 1.29 bits per heavy atom. The lowest BCUT2D eigenvalue weighted by atomic mass is 10.0. The van der Waals surface area contributed by atoms with Crippen LogP contribution < -0.4 is 5.32 Å². The van der Waals surface area contributed by atoms with Gasteiger partial charge in [0, 0.05) is 22.0 Å². The average molecular weight is 322 g/mol. The van der Waals surface area contributed by atoms with Crippen LogP contribution in [0.2, 0.25) is 5.02 Å². The van der Waals surface area contributed by atoms with Crippen LogP contribution in [0.15, 0.2) is 47.4 Å². The fourth-order valence-corrected chi connectivity index (χ4v) is 4.00. The van der Waals surface area contributed by atoms with Gasteiger partial charge in [0.25, 0.3) is 0 Å². The molecule has 1 aliphatic heterocycles. The summed E-state index contributed by atoms with van der Waals surface area (Å²) in [4.78, 5) is 1.29. The van der Waals surface area contributed by atoms with Gasteiger partial charge in [-0.25, -0.2) is 4.39 Å². The van der Waals surface area contributed by atoms with Gasteiger partial charge in [0.15, 0.2) is 0 Å². The number of thioether (sulfide) groups is 1. The highest BCUT2D eigenvalue weighted by molar-refractivity contribution is 7.99. The van der Waals surface area contributed by atoms with E-state index in [1.165, 1.54) is 16.5 Å². The van der Waals surface area contributed by atoms with Crippen LogP contribution in [0.4, 0.5) is 4.39 Å². The number of fused-ring (bicyclic) bond motifs is 1. The molecule has 1 N–H and O–H groups in total. The predicted molar refractivity (Wildman–Crippen MR) is 87.5 cm³/mol. The molecular formula is C17H17ClFNS. The van der Waals surface area contributed by atoms with Gasteiger partial charge in [-0.3, -0.25) is 0 Å². The molecule has 0 fully saturated rings. The molecule has 21 heavy (non-hydrogen) atoms. The van der Waals surface area contributed by atoms with Gasteiger partial charge in [-0.05, 0) is 60.6 Å². The zero-order valence-corrected chi connectivity index (χ0v) is 13.3. The van der Waals surface area contributed by atoms with Gasteiger partial charge in [-0.1, -0.05) is 23.7 Å². The highest BCUT2D eigenvalue weighted by atomic mass is 35.5. The first-order valence-corrected chi connectivity index (χ1v) is 8.43. The van der Waals surface area contributed by atoms with E-state index in [0.717, 1.165) is 22.8 Å². The molecule has 0 bridgehead atoms. The molecule has 0 radical (unpaired) electrons. The molecule has 0 amide bonds. The van der Waals surface area contributed by atoms with Crippen LogP contribution >= 0.6 is 23.4 Å². The van der Waals surface area contributed by atoms with E-state index in [2.05, 4.69) is 18.3 Å². The van der Waals surface area contributed by atoms with Crippen molar-refractivity contribution in [1.29, 1.82) is 0 Å². The van der Waals surface area contributed by atoms with Crippen molar-refractivity contribution >= 4 is 23.4 Å². The minimum atomic E-state index is -0.191. The topological polar surface area (TPSA) is 12.0 Å². The van der Waals surface area contributed by atoms with Gasteiger partial charge in [-0.15, -0.1) is 11.8 Å². The predicted octanol–water partition coefficient (Wildman–Crippen LogP) is 5.37. The largest absolute Gasteiger partial charge is 0.303 e.